The van der Waals surface area contributed by atoms with Crippen LogP contribution in [0.1, 0.15) is 26.2 Å². The number of carbonyl (C=O) groups excluding carboxylic acids is 1. The van der Waals surface area contributed by atoms with E-state index in [1.54, 1.807) is 30.3 Å². The van der Waals surface area contributed by atoms with Gasteiger partial charge < -0.3 is 9.47 Å². The van der Waals surface area contributed by atoms with Crippen molar-refractivity contribution in [3.05, 3.63) is 36.9 Å². The maximum atomic E-state index is 11.2. The van der Waals surface area contributed by atoms with Crippen molar-refractivity contribution < 1.29 is 14.3 Å². The summed E-state index contributed by atoms with van der Waals surface area (Å²) in [6, 6.07) is 7.04. The monoisotopic (exact) mass is 234 g/mol. The van der Waals surface area contributed by atoms with Gasteiger partial charge in [-0.1, -0.05) is 13.0 Å². The van der Waals surface area contributed by atoms with Gasteiger partial charge in [0.1, 0.15) is 11.5 Å². The second kappa shape index (κ2) is 7.49. The third-order valence-corrected chi connectivity index (χ3v) is 2.10. The van der Waals surface area contributed by atoms with Crippen LogP contribution in [0.5, 0.6) is 11.5 Å². The molecule has 1 rings (SSSR count). The molecule has 0 radical (unpaired) electrons. The van der Waals surface area contributed by atoms with E-state index in [2.05, 4.69) is 6.58 Å². The highest BCUT2D eigenvalue weighted by molar-refractivity contribution is 5.72. The van der Waals surface area contributed by atoms with Crippen molar-refractivity contribution in [2.24, 2.45) is 0 Å². The molecule has 0 aliphatic carbocycles. The minimum Gasteiger partial charge on any atom is -0.493 e. The van der Waals surface area contributed by atoms with Crippen molar-refractivity contribution in [3.8, 4) is 11.5 Å². The Hall–Kier alpha value is -1.77. The van der Waals surface area contributed by atoms with Crippen LogP contribution in [0.25, 0.3) is 0 Å². The fourth-order valence-corrected chi connectivity index (χ4v) is 1.25. The van der Waals surface area contributed by atoms with Crippen LogP contribution in [0.2, 0.25) is 0 Å². The highest BCUT2D eigenvalue weighted by atomic mass is 16.5. The number of hydrogen-bond acceptors (Lipinski definition) is 3. The van der Waals surface area contributed by atoms with Crippen molar-refractivity contribution in [1.29, 1.82) is 0 Å². The van der Waals surface area contributed by atoms with Crippen LogP contribution < -0.4 is 9.47 Å². The quantitative estimate of drug-likeness (QED) is 0.314. The van der Waals surface area contributed by atoms with E-state index in [0.29, 0.717) is 18.8 Å². The molecule has 0 aromatic heterocycles. The predicted octanol–water partition coefficient (Wildman–Crippen LogP) is 3.35. The molecule has 0 spiro atoms. The smallest absolute Gasteiger partial charge is 0.311 e. The Morgan fingerprint density at radius 1 is 1.29 bits per heavy atom. The lowest BCUT2D eigenvalue weighted by molar-refractivity contribution is -0.134. The molecule has 3 heteroatoms. The highest BCUT2D eigenvalue weighted by Gasteiger charge is 2.03. The van der Waals surface area contributed by atoms with Crippen molar-refractivity contribution in [1.82, 2.24) is 0 Å². The Morgan fingerprint density at radius 3 is 2.53 bits per heavy atom. The summed E-state index contributed by atoms with van der Waals surface area (Å²) in [6.07, 6.45) is 3.85. The van der Waals surface area contributed by atoms with Crippen molar-refractivity contribution >= 4 is 5.97 Å². The van der Waals surface area contributed by atoms with Gasteiger partial charge in [-0.15, -0.1) is 6.58 Å². The predicted molar refractivity (Wildman–Crippen MR) is 67.3 cm³/mol. The molecule has 3 nitrogen and oxygen atoms in total. The lowest BCUT2D eigenvalue weighted by Gasteiger charge is -2.06. The summed E-state index contributed by atoms with van der Waals surface area (Å²) < 4.78 is 10.6. The molecule has 17 heavy (non-hydrogen) atoms. The Balaban J connectivity index is 2.44. The summed E-state index contributed by atoms with van der Waals surface area (Å²) in [5.41, 5.74) is 0. The minimum absolute atomic E-state index is 0.201. The molecule has 0 fully saturated rings. The SMILES string of the molecule is C=CCCOc1ccc(OC(=O)CCC)cc1. The number of benzene rings is 1. The molecule has 0 aliphatic rings. The van der Waals surface area contributed by atoms with E-state index in [1.165, 1.54) is 0 Å². The molecule has 0 bridgehead atoms. The summed E-state index contributed by atoms with van der Waals surface area (Å²) in [7, 11) is 0. The number of carbonyl (C=O) groups is 1. The average Bonchev–Trinajstić information content (AvgIpc) is 2.32. The lowest BCUT2D eigenvalue weighted by Crippen LogP contribution is -2.06. The van der Waals surface area contributed by atoms with E-state index in [9.17, 15) is 4.79 Å². The molecule has 0 aliphatic heterocycles. The van der Waals surface area contributed by atoms with Crippen LogP contribution in [0, 0.1) is 0 Å². The standard InChI is InChI=1S/C14H18O3/c1-3-5-11-16-12-7-9-13(10-8-12)17-14(15)6-4-2/h3,7-10H,1,4-6,11H2,2H3. The van der Waals surface area contributed by atoms with Crippen LogP contribution in [-0.2, 0) is 4.79 Å². The maximum Gasteiger partial charge on any atom is 0.311 e. The molecule has 0 saturated heterocycles. The minimum atomic E-state index is -0.201. The van der Waals surface area contributed by atoms with Crippen LogP contribution in [0.4, 0.5) is 0 Å². The summed E-state index contributed by atoms with van der Waals surface area (Å²) in [6.45, 7) is 6.17. The fraction of sp³-hybridized carbons (Fsp3) is 0.357. The van der Waals surface area contributed by atoms with Gasteiger partial charge >= 0.3 is 5.97 Å². The molecule has 0 N–H and O–H groups in total. The molecule has 0 saturated carbocycles. The summed E-state index contributed by atoms with van der Waals surface area (Å²) in [5, 5.41) is 0. The zero-order chi connectivity index (χ0) is 12.5. The van der Waals surface area contributed by atoms with Gasteiger partial charge in [-0.05, 0) is 37.1 Å². The molecular weight excluding hydrogens is 216 g/mol. The third kappa shape index (κ3) is 5.20. The first kappa shape index (κ1) is 13.3. The number of rotatable bonds is 7. The number of ether oxygens (including phenoxy) is 2. The molecule has 92 valence electrons. The topological polar surface area (TPSA) is 35.5 Å². The van der Waals surface area contributed by atoms with Crippen molar-refractivity contribution in [3.63, 3.8) is 0 Å². The summed E-state index contributed by atoms with van der Waals surface area (Å²) >= 11 is 0. The second-order valence-electron chi connectivity index (χ2n) is 3.62. The van der Waals surface area contributed by atoms with Gasteiger partial charge in [0, 0.05) is 6.42 Å². The number of hydrogen-bond donors (Lipinski definition) is 0. The van der Waals surface area contributed by atoms with Gasteiger partial charge in [-0.3, -0.25) is 4.79 Å². The largest absolute Gasteiger partial charge is 0.493 e. The Labute approximate surface area is 102 Å². The molecule has 0 atom stereocenters. The third-order valence-electron chi connectivity index (χ3n) is 2.10. The molecular formula is C14H18O3. The molecule has 0 heterocycles. The van der Waals surface area contributed by atoms with Gasteiger partial charge in [0.15, 0.2) is 0 Å². The van der Waals surface area contributed by atoms with E-state index in [0.717, 1.165) is 18.6 Å². The normalized spacial score (nSPS) is 9.71. The molecule has 0 amide bonds. The van der Waals surface area contributed by atoms with E-state index in [1.807, 2.05) is 6.92 Å². The number of esters is 1. The maximum absolute atomic E-state index is 11.2. The second-order valence-corrected chi connectivity index (χ2v) is 3.62. The summed E-state index contributed by atoms with van der Waals surface area (Å²) in [4.78, 5) is 11.2. The van der Waals surface area contributed by atoms with Gasteiger partial charge in [-0.2, -0.15) is 0 Å². The van der Waals surface area contributed by atoms with Gasteiger partial charge in [0.25, 0.3) is 0 Å². The van der Waals surface area contributed by atoms with Crippen LogP contribution in [0.15, 0.2) is 36.9 Å². The summed E-state index contributed by atoms with van der Waals surface area (Å²) in [5.74, 6) is 1.12. The van der Waals surface area contributed by atoms with E-state index in [4.69, 9.17) is 9.47 Å². The van der Waals surface area contributed by atoms with Crippen molar-refractivity contribution in [2.45, 2.75) is 26.2 Å². The molecule has 1 aromatic carbocycles. The highest BCUT2D eigenvalue weighted by Crippen LogP contribution is 2.18. The van der Waals surface area contributed by atoms with Crippen molar-refractivity contribution in [2.75, 3.05) is 6.61 Å². The Morgan fingerprint density at radius 2 is 1.94 bits per heavy atom. The zero-order valence-electron chi connectivity index (χ0n) is 10.1. The first-order chi connectivity index (χ1) is 8.26. The van der Waals surface area contributed by atoms with Gasteiger partial charge in [-0.25, -0.2) is 0 Å². The average molecular weight is 234 g/mol. The van der Waals surface area contributed by atoms with E-state index < -0.39 is 0 Å². The Bertz CT molecular complexity index is 354. The molecule has 1 aromatic rings. The van der Waals surface area contributed by atoms with Gasteiger partial charge in [0.05, 0.1) is 6.61 Å². The van der Waals surface area contributed by atoms with Crippen LogP contribution in [-0.4, -0.2) is 12.6 Å². The van der Waals surface area contributed by atoms with E-state index >= 15 is 0 Å². The Kier molecular flexibility index (Phi) is 5.86. The zero-order valence-corrected chi connectivity index (χ0v) is 10.1. The van der Waals surface area contributed by atoms with Crippen LogP contribution >= 0.6 is 0 Å². The van der Waals surface area contributed by atoms with Gasteiger partial charge in [0.2, 0.25) is 0 Å². The fourth-order valence-electron chi connectivity index (χ4n) is 1.25. The van der Waals surface area contributed by atoms with E-state index in [-0.39, 0.29) is 5.97 Å². The molecule has 0 unspecified atom stereocenters. The first-order valence-electron chi connectivity index (χ1n) is 5.80. The lowest BCUT2D eigenvalue weighted by atomic mass is 10.3. The first-order valence-corrected chi connectivity index (χ1v) is 5.80. The van der Waals surface area contributed by atoms with Crippen LogP contribution in [0.3, 0.4) is 0 Å².